The zero-order chi connectivity index (χ0) is 28.7. The highest BCUT2D eigenvalue weighted by atomic mass is 32.2. The summed E-state index contributed by atoms with van der Waals surface area (Å²) in [7, 11) is -1.98. The lowest BCUT2D eigenvalue weighted by Crippen LogP contribution is -2.59. The maximum Gasteiger partial charge on any atom is 0.246 e. The largest absolute Gasteiger partial charge is 0.342 e. The minimum Gasteiger partial charge on any atom is -0.342 e. The van der Waals surface area contributed by atoms with Gasteiger partial charge in [0.25, 0.3) is 0 Å². The first-order chi connectivity index (χ1) is 18.2. The Morgan fingerprint density at radius 1 is 1.13 bits per heavy atom. The standard InChI is InChI=1S/C27H38N6O5S/c1-16(28-5)24(34)30-22(27(2,3)4)26(36)32-14-12-20-21(32)19(15-33(20)39(6,37)38)25(35)31-23-18-10-8-7-9-17(18)11-13-29-23/h7-11,13,16,19-22,28H,12,14-15H2,1-6H3,(H,30,34)(H,29,31,35)/t16-,19+,20-,21-,22-/m1/s1. The number of amides is 3. The number of sulfonamides is 1. The highest BCUT2D eigenvalue weighted by Crippen LogP contribution is 2.39. The van der Waals surface area contributed by atoms with E-state index in [-0.39, 0.29) is 24.9 Å². The second-order valence-corrected chi connectivity index (χ2v) is 13.4. The van der Waals surface area contributed by atoms with Gasteiger partial charge in [0.15, 0.2) is 0 Å². The number of aromatic nitrogens is 1. The quantitative estimate of drug-likeness (QED) is 0.463. The minimum atomic E-state index is -3.64. The fraction of sp³-hybridized carbons (Fsp3) is 0.556. The molecule has 11 nitrogen and oxygen atoms in total. The Bertz CT molecular complexity index is 1370. The molecule has 39 heavy (non-hydrogen) atoms. The average molecular weight is 559 g/mol. The molecule has 2 aliphatic rings. The van der Waals surface area contributed by atoms with Crippen LogP contribution in [0.25, 0.3) is 10.8 Å². The highest BCUT2D eigenvalue weighted by molar-refractivity contribution is 7.88. The fourth-order valence-corrected chi connectivity index (χ4v) is 6.71. The minimum absolute atomic E-state index is 0.0438. The van der Waals surface area contributed by atoms with E-state index in [2.05, 4.69) is 20.9 Å². The number of rotatable bonds is 7. The molecule has 5 atom stereocenters. The Labute approximate surface area is 229 Å². The van der Waals surface area contributed by atoms with Gasteiger partial charge < -0.3 is 20.9 Å². The van der Waals surface area contributed by atoms with Crippen molar-refractivity contribution in [3.8, 4) is 0 Å². The molecule has 4 rings (SSSR count). The molecule has 0 saturated carbocycles. The maximum absolute atomic E-state index is 14.0. The molecule has 12 heteroatoms. The number of nitrogens with zero attached hydrogens (tertiary/aromatic N) is 3. The number of hydrogen-bond acceptors (Lipinski definition) is 7. The monoisotopic (exact) mass is 558 g/mol. The summed E-state index contributed by atoms with van der Waals surface area (Å²) in [6.07, 6.45) is 3.13. The Hall–Kier alpha value is -3.09. The lowest BCUT2D eigenvalue weighted by atomic mass is 9.85. The summed E-state index contributed by atoms with van der Waals surface area (Å²) in [6.45, 7) is 7.52. The van der Waals surface area contributed by atoms with Crippen LogP contribution in [0.15, 0.2) is 36.5 Å². The Balaban J connectivity index is 1.66. The normalized spacial score (nSPS) is 23.3. The number of pyridine rings is 1. The van der Waals surface area contributed by atoms with Gasteiger partial charge in [0, 0.05) is 30.7 Å². The predicted octanol–water partition coefficient (Wildman–Crippen LogP) is 1.17. The lowest BCUT2D eigenvalue weighted by molar-refractivity contribution is -0.141. The number of benzene rings is 1. The third-order valence-electron chi connectivity index (χ3n) is 7.77. The summed E-state index contributed by atoms with van der Waals surface area (Å²) in [5.74, 6) is -1.49. The molecule has 1 aromatic heterocycles. The molecule has 2 saturated heterocycles. The van der Waals surface area contributed by atoms with Gasteiger partial charge in [-0.25, -0.2) is 13.4 Å². The number of fused-ring (bicyclic) bond motifs is 2. The van der Waals surface area contributed by atoms with Crippen molar-refractivity contribution in [1.82, 2.24) is 24.8 Å². The molecule has 0 bridgehead atoms. The first kappa shape index (κ1) is 28.9. The predicted molar refractivity (Wildman–Crippen MR) is 149 cm³/mol. The second kappa shape index (κ2) is 10.8. The van der Waals surface area contributed by atoms with E-state index in [0.29, 0.717) is 12.2 Å². The van der Waals surface area contributed by atoms with Crippen LogP contribution < -0.4 is 16.0 Å². The van der Waals surface area contributed by atoms with Crippen LogP contribution in [0.3, 0.4) is 0 Å². The van der Waals surface area contributed by atoms with Crippen LogP contribution in [0.4, 0.5) is 5.82 Å². The van der Waals surface area contributed by atoms with E-state index in [1.807, 2.05) is 51.1 Å². The molecular formula is C27H38N6O5S. The Morgan fingerprint density at radius 2 is 1.82 bits per heavy atom. The lowest BCUT2D eigenvalue weighted by Gasteiger charge is -2.37. The number of likely N-dealkylation sites (N-methyl/N-ethyl adjacent to an activating group) is 1. The van der Waals surface area contributed by atoms with Gasteiger partial charge in [0.1, 0.15) is 11.9 Å². The molecule has 212 valence electrons. The van der Waals surface area contributed by atoms with E-state index in [4.69, 9.17) is 0 Å². The van der Waals surface area contributed by atoms with E-state index in [9.17, 15) is 22.8 Å². The maximum atomic E-state index is 14.0. The summed E-state index contributed by atoms with van der Waals surface area (Å²) in [5.41, 5.74) is -0.627. The first-order valence-electron chi connectivity index (χ1n) is 13.1. The van der Waals surface area contributed by atoms with Crippen molar-refractivity contribution >= 4 is 44.3 Å². The summed E-state index contributed by atoms with van der Waals surface area (Å²) in [6, 6.07) is 6.77. The van der Waals surface area contributed by atoms with Crippen molar-refractivity contribution in [2.24, 2.45) is 11.3 Å². The number of carbonyl (C=O) groups excluding carboxylic acids is 3. The van der Waals surface area contributed by atoms with Crippen LogP contribution in [0.2, 0.25) is 0 Å². The summed E-state index contributed by atoms with van der Waals surface area (Å²) in [4.78, 5) is 46.4. The molecule has 3 N–H and O–H groups in total. The fourth-order valence-electron chi connectivity index (χ4n) is 5.55. The Morgan fingerprint density at radius 3 is 2.46 bits per heavy atom. The molecule has 1 aromatic carbocycles. The van der Waals surface area contributed by atoms with Crippen LogP contribution in [0.5, 0.6) is 0 Å². The molecule has 0 unspecified atom stereocenters. The van der Waals surface area contributed by atoms with E-state index >= 15 is 0 Å². The second-order valence-electron chi connectivity index (χ2n) is 11.5. The van der Waals surface area contributed by atoms with E-state index < -0.39 is 51.4 Å². The van der Waals surface area contributed by atoms with E-state index in [1.165, 1.54) is 4.31 Å². The van der Waals surface area contributed by atoms with Gasteiger partial charge in [-0.1, -0.05) is 45.0 Å². The summed E-state index contributed by atoms with van der Waals surface area (Å²) < 4.78 is 26.8. The van der Waals surface area contributed by atoms with Crippen molar-refractivity contribution in [2.45, 2.75) is 58.3 Å². The molecule has 0 spiro atoms. The van der Waals surface area contributed by atoms with Gasteiger partial charge in [-0.3, -0.25) is 14.4 Å². The Kier molecular flexibility index (Phi) is 8.02. The van der Waals surface area contributed by atoms with Gasteiger partial charge in [0.05, 0.1) is 24.3 Å². The van der Waals surface area contributed by atoms with Crippen molar-refractivity contribution in [2.75, 3.05) is 31.7 Å². The topological polar surface area (TPSA) is 141 Å². The van der Waals surface area contributed by atoms with Gasteiger partial charge in [-0.05, 0) is 37.3 Å². The first-order valence-corrected chi connectivity index (χ1v) is 15.0. The van der Waals surface area contributed by atoms with Crippen LogP contribution in [-0.4, -0.2) is 90.9 Å². The van der Waals surface area contributed by atoms with Crippen molar-refractivity contribution < 1.29 is 22.8 Å². The van der Waals surface area contributed by atoms with Crippen LogP contribution in [0, 0.1) is 11.3 Å². The molecule has 2 fully saturated rings. The third kappa shape index (κ3) is 5.78. The van der Waals surface area contributed by atoms with Crippen LogP contribution in [0.1, 0.15) is 34.1 Å². The molecule has 0 radical (unpaired) electrons. The van der Waals surface area contributed by atoms with Gasteiger partial charge in [0.2, 0.25) is 27.7 Å². The van der Waals surface area contributed by atoms with Crippen molar-refractivity contribution in [3.05, 3.63) is 36.5 Å². The van der Waals surface area contributed by atoms with Gasteiger partial charge in [-0.15, -0.1) is 0 Å². The molecule has 0 aliphatic carbocycles. The molecular weight excluding hydrogens is 520 g/mol. The average Bonchev–Trinajstić information content (AvgIpc) is 3.46. The van der Waals surface area contributed by atoms with E-state index in [0.717, 1.165) is 17.0 Å². The van der Waals surface area contributed by atoms with E-state index in [1.54, 1.807) is 25.1 Å². The number of likely N-dealkylation sites (tertiary alicyclic amines) is 1. The zero-order valence-electron chi connectivity index (χ0n) is 23.3. The van der Waals surface area contributed by atoms with Crippen molar-refractivity contribution in [1.29, 1.82) is 0 Å². The third-order valence-corrected chi connectivity index (χ3v) is 9.04. The summed E-state index contributed by atoms with van der Waals surface area (Å²) in [5, 5.41) is 10.3. The van der Waals surface area contributed by atoms with Gasteiger partial charge in [-0.2, -0.15) is 4.31 Å². The zero-order valence-corrected chi connectivity index (χ0v) is 24.1. The highest BCUT2D eigenvalue weighted by Gasteiger charge is 2.56. The van der Waals surface area contributed by atoms with Gasteiger partial charge >= 0.3 is 0 Å². The molecule has 2 aliphatic heterocycles. The SMILES string of the molecule is CN[C@H](C)C(=O)N[C@H](C(=O)N1CC[C@@H]2[C@H]1[C@@H](C(=O)Nc1nccc3ccccc13)CN2S(C)(=O)=O)C(C)(C)C. The number of carbonyl (C=O) groups is 3. The number of hydrogen-bond donors (Lipinski definition) is 3. The molecule has 3 heterocycles. The van der Waals surface area contributed by atoms with Crippen LogP contribution in [-0.2, 0) is 24.4 Å². The van der Waals surface area contributed by atoms with Crippen LogP contribution >= 0.6 is 0 Å². The smallest absolute Gasteiger partial charge is 0.246 e. The number of anilines is 1. The van der Waals surface area contributed by atoms with Crippen molar-refractivity contribution in [3.63, 3.8) is 0 Å². The summed E-state index contributed by atoms with van der Waals surface area (Å²) >= 11 is 0. The number of nitrogens with one attached hydrogen (secondary N) is 3. The molecule has 2 aromatic rings. The molecule has 3 amide bonds.